The summed E-state index contributed by atoms with van der Waals surface area (Å²) in [6.07, 6.45) is -3.35. The molecule has 208 valence electrons. The van der Waals surface area contributed by atoms with Crippen molar-refractivity contribution in [2.45, 2.75) is 50.2 Å². The monoisotopic (exact) mass is 553 g/mol. The second-order valence-electron chi connectivity index (χ2n) is 10.4. The molecule has 5 rings (SSSR count). The van der Waals surface area contributed by atoms with Crippen molar-refractivity contribution in [1.29, 1.82) is 0 Å². The molecule has 6 N–H and O–H groups in total. The molecular weight excluding hydrogens is 522 g/mol. The Morgan fingerprint density at radius 2 is 1.84 bits per heavy atom. The van der Waals surface area contributed by atoms with Crippen LogP contribution >= 0.6 is 11.6 Å². The number of aliphatic hydroxyl groups is 2. The number of carboxylic acids is 1. The molecule has 1 amide bonds. The van der Waals surface area contributed by atoms with Gasteiger partial charge >= 0.3 is 11.9 Å². The highest BCUT2D eigenvalue weighted by Crippen LogP contribution is 2.52. The number of ether oxygens (including phenoxy) is 3. The molecule has 13 heteroatoms. The van der Waals surface area contributed by atoms with Crippen molar-refractivity contribution in [3.8, 4) is 5.75 Å². The number of aliphatic carboxylic acids is 1. The third kappa shape index (κ3) is 5.28. The van der Waals surface area contributed by atoms with Crippen molar-refractivity contribution in [1.82, 2.24) is 10.2 Å². The fraction of sp³-hybridized carbons (Fsp3) is 0.640. The number of fused-ring (bicyclic) bond motifs is 2. The minimum atomic E-state index is -2.35. The highest BCUT2D eigenvalue weighted by atomic mass is 35.5. The number of halogens is 1. The van der Waals surface area contributed by atoms with E-state index in [4.69, 9.17) is 36.7 Å². The molecule has 4 aliphatic rings. The number of nitrogen functional groups attached to an aromatic ring is 1. The zero-order valence-corrected chi connectivity index (χ0v) is 21.4. The first-order valence-electron chi connectivity index (χ1n) is 12.8. The van der Waals surface area contributed by atoms with E-state index in [9.17, 15) is 24.6 Å². The number of piperidine rings is 1. The molecule has 0 radical (unpaired) electrons. The zero-order chi connectivity index (χ0) is 27.1. The van der Waals surface area contributed by atoms with Crippen LogP contribution in [0.5, 0.6) is 5.75 Å². The summed E-state index contributed by atoms with van der Waals surface area (Å²) in [7, 11) is 0. The Morgan fingerprint density at radius 1 is 1.16 bits per heavy atom. The lowest BCUT2D eigenvalue weighted by molar-refractivity contribution is -0.185. The first kappa shape index (κ1) is 26.9. The Hall–Kier alpha value is -2.64. The second-order valence-corrected chi connectivity index (χ2v) is 10.8. The summed E-state index contributed by atoms with van der Waals surface area (Å²) in [5.74, 6) is -1.89. The Morgan fingerprint density at radius 3 is 2.50 bits per heavy atom. The molecule has 0 aromatic heterocycles. The third-order valence-electron chi connectivity index (χ3n) is 8.14. The third-order valence-corrected chi connectivity index (χ3v) is 8.46. The van der Waals surface area contributed by atoms with Crippen LogP contribution in [0.1, 0.15) is 35.2 Å². The maximum Gasteiger partial charge on any atom is 0.341 e. The number of esters is 1. The van der Waals surface area contributed by atoms with E-state index in [2.05, 4.69) is 10.2 Å². The van der Waals surface area contributed by atoms with Crippen LogP contribution in [0.3, 0.4) is 0 Å². The molecule has 0 spiro atoms. The molecule has 0 bridgehead atoms. The summed E-state index contributed by atoms with van der Waals surface area (Å²) < 4.78 is 16.3. The Bertz CT molecular complexity index is 1100. The first-order valence-corrected chi connectivity index (χ1v) is 13.2. The average Bonchev–Trinajstić information content (AvgIpc) is 3.36. The van der Waals surface area contributed by atoms with Gasteiger partial charge in [0.15, 0.2) is 12.2 Å². The normalized spacial score (nSPS) is 28.4. The van der Waals surface area contributed by atoms with Crippen LogP contribution < -0.4 is 15.8 Å². The molecule has 1 aromatic carbocycles. The van der Waals surface area contributed by atoms with Crippen molar-refractivity contribution in [3.05, 3.63) is 22.2 Å². The predicted molar refractivity (Wildman–Crippen MR) is 133 cm³/mol. The van der Waals surface area contributed by atoms with Gasteiger partial charge in [-0.15, -0.1) is 0 Å². The first-order chi connectivity index (χ1) is 18.2. The number of nitrogens with zero attached hydrogens (tertiary/aromatic N) is 1. The van der Waals surface area contributed by atoms with E-state index >= 15 is 0 Å². The number of anilines is 1. The summed E-state index contributed by atoms with van der Waals surface area (Å²) in [6, 6.07) is 1.99. The summed E-state index contributed by atoms with van der Waals surface area (Å²) >= 11 is 6.29. The summed E-state index contributed by atoms with van der Waals surface area (Å²) in [6.45, 7) is 4.23. The van der Waals surface area contributed by atoms with Crippen molar-refractivity contribution >= 4 is 35.1 Å². The quantitative estimate of drug-likeness (QED) is 0.216. The molecule has 3 heterocycles. The van der Waals surface area contributed by atoms with E-state index in [1.807, 2.05) is 0 Å². The van der Waals surface area contributed by atoms with Gasteiger partial charge in [-0.05, 0) is 43.1 Å². The van der Waals surface area contributed by atoms with E-state index in [1.54, 1.807) is 0 Å². The van der Waals surface area contributed by atoms with Gasteiger partial charge in [-0.3, -0.25) is 9.69 Å². The van der Waals surface area contributed by atoms with Gasteiger partial charge < -0.3 is 40.6 Å². The van der Waals surface area contributed by atoms with Crippen LogP contribution in [0, 0.1) is 17.8 Å². The highest BCUT2D eigenvalue weighted by molar-refractivity contribution is 6.33. The largest absolute Gasteiger partial charge is 0.479 e. The fourth-order valence-corrected chi connectivity index (χ4v) is 6.11. The summed E-state index contributed by atoms with van der Waals surface area (Å²) in [4.78, 5) is 38.7. The van der Waals surface area contributed by atoms with Crippen LogP contribution in [0.15, 0.2) is 6.07 Å². The lowest BCUT2D eigenvalue weighted by Crippen LogP contribution is -2.43. The molecule has 1 aliphatic carbocycles. The van der Waals surface area contributed by atoms with E-state index in [-0.39, 0.29) is 34.9 Å². The maximum absolute atomic E-state index is 13.2. The molecule has 1 aromatic rings. The van der Waals surface area contributed by atoms with Crippen molar-refractivity contribution in [2.24, 2.45) is 17.8 Å². The smallest absolute Gasteiger partial charge is 0.341 e. The van der Waals surface area contributed by atoms with E-state index in [0.717, 1.165) is 39.1 Å². The molecule has 38 heavy (non-hydrogen) atoms. The van der Waals surface area contributed by atoms with Gasteiger partial charge in [-0.2, -0.15) is 0 Å². The summed E-state index contributed by atoms with van der Waals surface area (Å²) in [5, 5.41) is 31.1. The number of carbonyl (C=O) groups excluding carboxylic acids is 2. The number of nitrogens with one attached hydrogen (secondary N) is 1. The summed E-state index contributed by atoms with van der Waals surface area (Å²) in [5.41, 5.74) is 6.99. The Balaban J connectivity index is 1.20. The van der Waals surface area contributed by atoms with Gasteiger partial charge in [0.05, 0.1) is 16.3 Å². The van der Waals surface area contributed by atoms with E-state index in [1.165, 1.54) is 6.07 Å². The van der Waals surface area contributed by atoms with Gasteiger partial charge in [0.25, 0.3) is 5.91 Å². The molecule has 3 aliphatic heterocycles. The van der Waals surface area contributed by atoms with Crippen LogP contribution in [-0.4, -0.2) is 95.5 Å². The van der Waals surface area contributed by atoms with Crippen LogP contribution in [0.4, 0.5) is 5.69 Å². The molecule has 1 saturated carbocycles. The SMILES string of the molecule is Nc1c(Cl)cc(C(=O)NCC2C3CN(C4CCOCC4)CC23)c2c1CCC(OC(=O)C(O)C(O)C(=O)O)O2. The van der Waals surface area contributed by atoms with Gasteiger partial charge in [0.1, 0.15) is 5.75 Å². The number of carbonyl (C=O) groups is 3. The predicted octanol–water partition coefficient (Wildman–Crippen LogP) is 0.00950. The number of aliphatic hydroxyl groups excluding tert-OH is 2. The van der Waals surface area contributed by atoms with E-state index in [0.29, 0.717) is 35.9 Å². The standard InChI is InChI=1S/C25H32ClN3O9/c26-17-7-13(23(32)28-8-14-15-9-29(10-16(14)15)11-3-5-36-6-4-11)22-12(19(17)27)1-2-18(37-22)38-25(35)21(31)20(30)24(33)34/h7,11,14-16,18,20-21,30-31H,1-6,8-10,27H2,(H,28,32)(H,33,34). The van der Waals surface area contributed by atoms with Crippen LogP contribution in [0.2, 0.25) is 5.02 Å². The molecular formula is C25H32ClN3O9. The molecule has 2 saturated heterocycles. The van der Waals surface area contributed by atoms with Gasteiger partial charge in [-0.25, -0.2) is 9.59 Å². The van der Waals surface area contributed by atoms with E-state index < -0.39 is 36.3 Å². The molecule has 12 nitrogen and oxygen atoms in total. The molecule has 5 atom stereocenters. The average molecular weight is 554 g/mol. The number of benzene rings is 1. The lowest BCUT2D eigenvalue weighted by atomic mass is 9.99. The van der Waals surface area contributed by atoms with Gasteiger partial charge in [0, 0.05) is 50.9 Å². The number of rotatable bonds is 8. The minimum Gasteiger partial charge on any atom is -0.479 e. The molecule has 3 fully saturated rings. The second kappa shape index (κ2) is 10.9. The number of hydrogen-bond donors (Lipinski definition) is 5. The lowest BCUT2D eigenvalue weighted by Gasteiger charge is -2.32. The fourth-order valence-electron chi connectivity index (χ4n) is 5.89. The van der Waals surface area contributed by atoms with Crippen LogP contribution in [-0.2, 0) is 25.5 Å². The number of nitrogens with two attached hydrogens (primary N) is 1. The minimum absolute atomic E-state index is 0.114. The van der Waals surface area contributed by atoms with Crippen molar-refractivity contribution in [3.63, 3.8) is 0 Å². The number of amides is 1. The Labute approximate surface area is 224 Å². The topological polar surface area (TPSA) is 181 Å². The number of carboxylic acid groups (broad SMARTS) is 1. The Kier molecular flexibility index (Phi) is 7.70. The number of hydrogen-bond acceptors (Lipinski definition) is 10. The van der Waals surface area contributed by atoms with Gasteiger partial charge in [0.2, 0.25) is 6.29 Å². The van der Waals surface area contributed by atoms with Crippen LogP contribution in [0.25, 0.3) is 0 Å². The number of likely N-dealkylation sites (tertiary alicyclic amines) is 1. The van der Waals surface area contributed by atoms with Crippen molar-refractivity contribution < 1.29 is 43.9 Å². The molecule has 5 unspecified atom stereocenters. The van der Waals surface area contributed by atoms with Gasteiger partial charge in [-0.1, -0.05) is 11.6 Å². The highest BCUT2D eigenvalue weighted by Gasteiger charge is 2.56. The maximum atomic E-state index is 13.2. The van der Waals surface area contributed by atoms with Crippen molar-refractivity contribution in [2.75, 3.05) is 38.6 Å². The zero-order valence-electron chi connectivity index (χ0n) is 20.7.